The summed E-state index contributed by atoms with van der Waals surface area (Å²) in [6, 6.07) is 14.8. The molecular formula is C17H15N3O4. The zero-order valence-electron chi connectivity index (χ0n) is 12.7. The summed E-state index contributed by atoms with van der Waals surface area (Å²) < 4.78 is 0. The minimum Gasteiger partial charge on any atom is -0.326 e. The molecule has 1 N–H and O–H groups in total. The van der Waals surface area contributed by atoms with E-state index < -0.39 is 10.8 Å². The molecule has 1 heterocycles. The molecule has 0 bridgehead atoms. The molecule has 2 aromatic rings. The smallest absolute Gasteiger partial charge is 0.269 e. The van der Waals surface area contributed by atoms with Crippen LogP contribution in [0.5, 0.6) is 0 Å². The van der Waals surface area contributed by atoms with Crippen molar-refractivity contribution >= 4 is 28.9 Å². The highest BCUT2D eigenvalue weighted by Gasteiger charge is 2.35. The maximum atomic E-state index is 12.3. The number of rotatable bonds is 4. The lowest BCUT2D eigenvalue weighted by atomic mass is 10.1. The SMILES string of the molecule is O=C(Nc1ccc([N+](=O)[O-])cc1)C1CC(=O)N(c2ccccc2)C1. The predicted octanol–water partition coefficient (Wildman–Crippen LogP) is 2.59. The number of hydrogen-bond donors (Lipinski definition) is 1. The number of nitro groups is 1. The van der Waals surface area contributed by atoms with Crippen LogP contribution in [0.25, 0.3) is 0 Å². The van der Waals surface area contributed by atoms with Crippen LogP contribution in [-0.2, 0) is 9.59 Å². The van der Waals surface area contributed by atoms with Crippen molar-refractivity contribution in [2.24, 2.45) is 5.92 Å². The maximum absolute atomic E-state index is 12.3. The van der Waals surface area contributed by atoms with Gasteiger partial charge in [-0.05, 0) is 24.3 Å². The standard InChI is InChI=1S/C17H15N3O4/c21-16-10-12(11-19(16)14-4-2-1-3-5-14)17(22)18-13-6-8-15(9-7-13)20(23)24/h1-9,12H,10-11H2,(H,18,22). The van der Waals surface area contributed by atoms with Crippen molar-refractivity contribution in [1.29, 1.82) is 0 Å². The van der Waals surface area contributed by atoms with Crippen molar-refractivity contribution in [2.45, 2.75) is 6.42 Å². The Balaban J connectivity index is 1.66. The zero-order valence-corrected chi connectivity index (χ0v) is 12.7. The molecule has 1 atom stereocenters. The van der Waals surface area contributed by atoms with Crippen LogP contribution >= 0.6 is 0 Å². The second-order valence-corrected chi connectivity index (χ2v) is 5.53. The zero-order chi connectivity index (χ0) is 17.1. The minimum atomic E-state index is -0.501. The number of non-ortho nitro benzene ring substituents is 1. The van der Waals surface area contributed by atoms with E-state index in [4.69, 9.17) is 0 Å². The predicted molar refractivity (Wildman–Crippen MR) is 88.6 cm³/mol. The number of hydrogen-bond acceptors (Lipinski definition) is 4. The van der Waals surface area contributed by atoms with Gasteiger partial charge in [-0.15, -0.1) is 0 Å². The van der Waals surface area contributed by atoms with Crippen molar-refractivity contribution < 1.29 is 14.5 Å². The van der Waals surface area contributed by atoms with Crippen molar-refractivity contribution in [3.63, 3.8) is 0 Å². The van der Waals surface area contributed by atoms with Gasteiger partial charge in [0.25, 0.3) is 5.69 Å². The molecule has 122 valence electrons. The van der Waals surface area contributed by atoms with Crippen LogP contribution in [0.4, 0.5) is 17.1 Å². The third-order valence-electron chi connectivity index (χ3n) is 3.91. The third-order valence-corrected chi connectivity index (χ3v) is 3.91. The average Bonchev–Trinajstić information content (AvgIpc) is 2.98. The first-order chi connectivity index (χ1) is 11.5. The maximum Gasteiger partial charge on any atom is 0.269 e. The van der Waals surface area contributed by atoms with Gasteiger partial charge in [0, 0.05) is 36.5 Å². The molecule has 1 aliphatic rings. The Morgan fingerprint density at radius 1 is 1.12 bits per heavy atom. The van der Waals surface area contributed by atoms with Crippen LogP contribution < -0.4 is 10.2 Å². The number of para-hydroxylation sites is 1. The molecule has 1 unspecified atom stereocenters. The number of nitrogens with one attached hydrogen (secondary N) is 1. The molecule has 0 spiro atoms. The summed E-state index contributed by atoms with van der Waals surface area (Å²) in [5, 5.41) is 13.3. The fraction of sp³-hybridized carbons (Fsp3) is 0.176. The number of carbonyl (C=O) groups excluding carboxylic acids is 2. The molecule has 1 saturated heterocycles. The van der Waals surface area contributed by atoms with E-state index in [9.17, 15) is 19.7 Å². The van der Waals surface area contributed by atoms with Crippen LogP contribution in [-0.4, -0.2) is 23.3 Å². The molecule has 0 radical (unpaired) electrons. The number of benzene rings is 2. The van der Waals surface area contributed by atoms with Gasteiger partial charge in [-0.2, -0.15) is 0 Å². The van der Waals surface area contributed by atoms with Crippen molar-refractivity contribution in [3.8, 4) is 0 Å². The van der Waals surface area contributed by atoms with Crippen molar-refractivity contribution in [3.05, 3.63) is 64.7 Å². The Kier molecular flexibility index (Phi) is 4.24. The van der Waals surface area contributed by atoms with Gasteiger partial charge in [0.2, 0.25) is 11.8 Å². The van der Waals surface area contributed by atoms with Crippen LogP contribution in [0.1, 0.15) is 6.42 Å². The van der Waals surface area contributed by atoms with Gasteiger partial charge in [-0.1, -0.05) is 18.2 Å². The van der Waals surface area contributed by atoms with Gasteiger partial charge in [-0.25, -0.2) is 0 Å². The average molecular weight is 325 g/mol. The molecule has 7 nitrogen and oxygen atoms in total. The molecular weight excluding hydrogens is 310 g/mol. The largest absolute Gasteiger partial charge is 0.326 e. The summed E-state index contributed by atoms with van der Waals surface area (Å²) in [4.78, 5) is 36.2. The van der Waals surface area contributed by atoms with E-state index in [1.54, 1.807) is 4.90 Å². The first kappa shape index (κ1) is 15.7. The van der Waals surface area contributed by atoms with Gasteiger partial charge < -0.3 is 10.2 Å². The summed E-state index contributed by atoms with van der Waals surface area (Å²) in [6.45, 7) is 0.321. The molecule has 7 heteroatoms. The molecule has 1 aliphatic heterocycles. The van der Waals surface area contributed by atoms with Crippen LogP contribution in [0.3, 0.4) is 0 Å². The highest BCUT2D eigenvalue weighted by atomic mass is 16.6. The molecule has 0 aliphatic carbocycles. The molecule has 24 heavy (non-hydrogen) atoms. The van der Waals surface area contributed by atoms with E-state index >= 15 is 0 Å². The first-order valence-electron chi connectivity index (χ1n) is 7.45. The van der Waals surface area contributed by atoms with Crippen LogP contribution in [0.2, 0.25) is 0 Å². The Hall–Kier alpha value is -3.22. The highest BCUT2D eigenvalue weighted by molar-refractivity contribution is 6.03. The lowest BCUT2D eigenvalue weighted by Crippen LogP contribution is -2.28. The van der Waals surface area contributed by atoms with E-state index in [2.05, 4.69) is 5.32 Å². The summed E-state index contributed by atoms with van der Waals surface area (Å²) in [5.41, 5.74) is 1.20. The fourth-order valence-electron chi connectivity index (χ4n) is 2.65. The molecule has 2 aromatic carbocycles. The molecule has 0 saturated carbocycles. The number of anilines is 2. The van der Waals surface area contributed by atoms with E-state index in [1.807, 2.05) is 30.3 Å². The number of nitrogens with zero attached hydrogens (tertiary/aromatic N) is 2. The van der Waals surface area contributed by atoms with Gasteiger partial charge >= 0.3 is 0 Å². The van der Waals surface area contributed by atoms with E-state index in [0.29, 0.717) is 12.2 Å². The number of carbonyl (C=O) groups is 2. The van der Waals surface area contributed by atoms with Crippen molar-refractivity contribution in [1.82, 2.24) is 0 Å². The van der Waals surface area contributed by atoms with Gasteiger partial charge in [-0.3, -0.25) is 19.7 Å². The van der Waals surface area contributed by atoms with Crippen molar-refractivity contribution in [2.75, 3.05) is 16.8 Å². The lowest BCUT2D eigenvalue weighted by Gasteiger charge is -2.16. The molecule has 2 amide bonds. The monoisotopic (exact) mass is 325 g/mol. The van der Waals surface area contributed by atoms with E-state index in [0.717, 1.165) is 5.69 Å². The van der Waals surface area contributed by atoms with Gasteiger partial charge in [0.05, 0.1) is 10.8 Å². The quantitative estimate of drug-likeness (QED) is 0.690. The minimum absolute atomic E-state index is 0.0423. The normalized spacial score (nSPS) is 16.9. The van der Waals surface area contributed by atoms with Crippen LogP contribution in [0.15, 0.2) is 54.6 Å². The third kappa shape index (κ3) is 3.24. The van der Waals surface area contributed by atoms with Gasteiger partial charge in [0.1, 0.15) is 0 Å². The van der Waals surface area contributed by atoms with E-state index in [-0.39, 0.29) is 23.9 Å². The van der Waals surface area contributed by atoms with Gasteiger partial charge in [0.15, 0.2) is 0 Å². The molecule has 0 aromatic heterocycles. The Labute approximate surface area is 138 Å². The summed E-state index contributed by atoms with van der Waals surface area (Å²) in [6.07, 6.45) is 0.147. The summed E-state index contributed by atoms with van der Waals surface area (Å²) >= 11 is 0. The highest BCUT2D eigenvalue weighted by Crippen LogP contribution is 2.26. The topological polar surface area (TPSA) is 92.5 Å². The van der Waals surface area contributed by atoms with Crippen LogP contribution in [0, 0.1) is 16.0 Å². The lowest BCUT2D eigenvalue weighted by molar-refractivity contribution is -0.384. The second-order valence-electron chi connectivity index (χ2n) is 5.53. The summed E-state index contributed by atoms with van der Waals surface area (Å²) in [5.74, 6) is -0.811. The Morgan fingerprint density at radius 2 is 1.79 bits per heavy atom. The number of nitro benzene ring substituents is 1. The Morgan fingerprint density at radius 3 is 2.42 bits per heavy atom. The molecule has 1 fully saturated rings. The summed E-state index contributed by atoms with van der Waals surface area (Å²) in [7, 11) is 0. The second kappa shape index (κ2) is 6.49. The first-order valence-corrected chi connectivity index (χ1v) is 7.45. The Bertz CT molecular complexity index is 774. The fourth-order valence-corrected chi connectivity index (χ4v) is 2.65. The van der Waals surface area contributed by atoms with E-state index in [1.165, 1.54) is 24.3 Å². The molecule has 3 rings (SSSR count). The number of amides is 2.